The molecule has 0 spiro atoms. The van der Waals surface area contributed by atoms with Crippen LogP contribution in [-0.4, -0.2) is 26.3 Å². The Morgan fingerprint density at radius 1 is 1.00 bits per heavy atom. The molecule has 0 fully saturated rings. The van der Waals surface area contributed by atoms with Gasteiger partial charge in [-0.25, -0.2) is 0 Å². The maximum absolute atomic E-state index is 3.66. The SMILES string of the molecule is C=CC[Se][Se]CC=C. The van der Waals surface area contributed by atoms with E-state index in [-0.39, 0.29) is 0 Å². The molecule has 0 bridgehead atoms. The van der Waals surface area contributed by atoms with Crippen molar-refractivity contribution in [1.29, 1.82) is 0 Å². The van der Waals surface area contributed by atoms with Crippen LogP contribution in [0.2, 0.25) is 10.6 Å². The summed E-state index contributed by atoms with van der Waals surface area (Å²) in [7, 11) is 0. The van der Waals surface area contributed by atoms with Crippen molar-refractivity contribution in [2.24, 2.45) is 0 Å². The summed E-state index contributed by atoms with van der Waals surface area (Å²) in [6.45, 7) is 7.32. The summed E-state index contributed by atoms with van der Waals surface area (Å²) in [5.74, 6) is 0. The molecule has 0 radical (unpaired) electrons. The number of allylic oxidation sites excluding steroid dienone is 2. The molecule has 0 saturated heterocycles. The van der Waals surface area contributed by atoms with Gasteiger partial charge in [0.05, 0.1) is 0 Å². The predicted molar refractivity (Wildman–Crippen MR) is 41.5 cm³/mol. The summed E-state index contributed by atoms with van der Waals surface area (Å²) < 4.78 is 0. The van der Waals surface area contributed by atoms with Gasteiger partial charge >= 0.3 is 62.2 Å². The van der Waals surface area contributed by atoms with Crippen LogP contribution in [0.4, 0.5) is 0 Å². The van der Waals surface area contributed by atoms with Gasteiger partial charge in [0, 0.05) is 0 Å². The van der Waals surface area contributed by atoms with Crippen LogP contribution in [0.5, 0.6) is 0 Å². The molecule has 0 aromatic rings. The normalized spacial score (nSPS) is 8.50. The Balaban J connectivity index is 2.71. The molecule has 0 saturated carbocycles. The summed E-state index contributed by atoms with van der Waals surface area (Å²) in [5, 5.41) is 2.47. The fourth-order valence-corrected chi connectivity index (χ4v) is 5.20. The van der Waals surface area contributed by atoms with E-state index in [0.29, 0.717) is 0 Å². The summed E-state index contributed by atoms with van der Waals surface area (Å²) in [4.78, 5) is 0. The first-order chi connectivity index (χ1) is 3.91. The van der Waals surface area contributed by atoms with E-state index in [2.05, 4.69) is 13.2 Å². The van der Waals surface area contributed by atoms with Crippen LogP contribution in [0.15, 0.2) is 25.3 Å². The van der Waals surface area contributed by atoms with Gasteiger partial charge in [0.1, 0.15) is 0 Å². The van der Waals surface area contributed by atoms with Gasteiger partial charge < -0.3 is 0 Å². The third kappa shape index (κ3) is 6.52. The minimum atomic E-state index is 0.850. The average molecular weight is 240 g/mol. The van der Waals surface area contributed by atoms with Crippen molar-refractivity contribution in [2.75, 3.05) is 0 Å². The van der Waals surface area contributed by atoms with Crippen molar-refractivity contribution in [3.8, 4) is 0 Å². The molecule has 0 unspecified atom stereocenters. The first-order valence-electron chi connectivity index (χ1n) is 2.38. The van der Waals surface area contributed by atoms with Crippen LogP contribution in [0.1, 0.15) is 0 Å². The number of hydrogen-bond donors (Lipinski definition) is 0. The topological polar surface area (TPSA) is 0 Å². The Morgan fingerprint density at radius 2 is 1.38 bits per heavy atom. The molecule has 0 aliphatic heterocycles. The molecular formula is C6H10Se2. The van der Waals surface area contributed by atoms with Crippen molar-refractivity contribution in [3.05, 3.63) is 25.3 Å². The second-order valence-electron chi connectivity index (χ2n) is 1.15. The molecular weight excluding hydrogens is 230 g/mol. The summed E-state index contributed by atoms with van der Waals surface area (Å²) >= 11 is 1.70. The summed E-state index contributed by atoms with van der Waals surface area (Å²) in [6.07, 6.45) is 4.01. The molecule has 0 heterocycles. The zero-order chi connectivity index (χ0) is 6.24. The molecule has 0 amide bonds. The zero-order valence-electron chi connectivity index (χ0n) is 4.80. The van der Waals surface area contributed by atoms with Gasteiger partial charge in [-0.2, -0.15) is 0 Å². The molecule has 2 heteroatoms. The van der Waals surface area contributed by atoms with Crippen LogP contribution in [0.25, 0.3) is 0 Å². The van der Waals surface area contributed by atoms with E-state index in [1.54, 1.807) is 0 Å². The van der Waals surface area contributed by atoms with Gasteiger partial charge in [0.2, 0.25) is 0 Å². The first-order valence-corrected chi connectivity index (χ1v) is 9.13. The predicted octanol–water partition coefficient (Wildman–Crippen LogP) is 1.52. The van der Waals surface area contributed by atoms with Crippen molar-refractivity contribution in [2.45, 2.75) is 10.6 Å². The fraction of sp³-hybridized carbons (Fsp3) is 0.333. The first kappa shape index (κ1) is 8.52. The summed E-state index contributed by atoms with van der Waals surface area (Å²) in [6, 6.07) is 0. The third-order valence-corrected chi connectivity index (χ3v) is 7.15. The fourth-order valence-electron chi connectivity index (χ4n) is 0.192. The summed E-state index contributed by atoms with van der Waals surface area (Å²) in [5.41, 5.74) is 0. The van der Waals surface area contributed by atoms with E-state index in [1.807, 2.05) is 12.2 Å². The van der Waals surface area contributed by atoms with E-state index < -0.39 is 0 Å². The maximum atomic E-state index is 3.66. The number of rotatable bonds is 5. The van der Waals surface area contributed by atoms with Crippen LogP contribution in [0.3, 0.4) is 0 Å². The van der Waals surface area contributed by atoms with Gasteiger partial charge in [-0.05, 0) is 0 Å². The van der Waals surface area contributed by atoms with Crippen LogP contribution < -0.4 is 0 Å². The molecule has 0 rings (SSSR count). The van der Waals surface area contributed by atoms with E-state index in [0.717, 1.165) is 26.3 Å². The van der Waals surface area contributed by atoms with Crippen molar-refractivity contribution >= 4 is 26.3 Å². The van der Waals surface area contributed by atoms with E-state index >= 15 is 0 Å². The number of hydrogen-bond acceptors (Lipinski definition) is 0. The minimum absolute atomic E-state index is 0.850. The molecule has 0 atom stereocenters. The molecule has 0 aliphatic carbocycles. The van der Waals surface area contributed by atoms with Gasteiger partial charge in [-0.1, -0.05) is 0 Å². The molecule has 0 aromatic heterocycles. The van der Waals surface area contributed by atoms with Crippen LogP contribution in [-0.2, 0) is 0 Å². The van der Waals surface area contributed by atoms with Crippen LogP contribution in [0, 0.1) is 0 Å². The van der Waals surface area contributed by atoms with Gasteiger partial charge in [0.15, 0.2) is 0 Å². The quantitative estimate of drug-likeness (QED) is 0.388. The average Bonchev–Trinajstić information content (AvgIpc) is 1.81. The second-order valence-corrected chi connectivity index (χ2v) is 8.67. The third-order valence-electron chi connectivity index (χ3n) is 0.455. The molecule has 0 aromatic carbocycles. The van der Waals surface area contributed by atoms with Crippen molar-refractivity contribution in [3.63, 3.8) is 0 Å². The van der Waals surface area contributed by atoms with E-state index in [1.165, 1.54) is 10.6 Å². The molecule has 46 valence electrons. The molecule has 0 nitrogen and oxygen atoms in total. The zero-order valence-corrected chi connectivity index (χ0v) is 8.23. The Morgan fingerprint density at radius 3 is 1.62 bits per heavy atom. The van der Waals surface area contributed by atoms with Crippen LogP contribution >= 0.6 is 0 Å². The molecule has 0 aliphatic rings. The second kappa shape index (κ2) is 7.52. The molecule has 8 heavy (non-hydrogen) atoms. The Hall–Kier alpha value is 0.519. The van der Waals surface area contributed by atoms with Gasteiger partial charge in [-0.3, -0.25) is 0 Å². The van der Waals surface area contributed by atoms with Crippen molar-refractivity contribution in [1.82, 2.24) is 0 Å². The van der Waals surface area contributed by atoms with Gasteiger partial charge in [0.25, 0.3) is 0 Å². The Kier molecular flexibility index (Phi) is 8.01. The van der Waals surface area contributed by atoms with E-state index in [9.17, 15) is 0 Å². The van der Waals surface area contributed by atoms with Crippen molar-refractivity contribution < 1.29 is 0 Å². The monoisotopic (exact) mass is 242 g/mol. The Bertz CT molecular complexity index is 58.9. The standard InChI is InChI=1S/C6H10Se2/c1-3-5-7-8-6-4-2/h3-4H,1-2,5-6H2. The Labute approximate surface area is 62.3 Å². The van der Waals surface area contributed by atoms with E-state index in [4.69, 9.17) is 0 Å². The van der Waals surface area contributed by atoms with Gasteiger partial charge in [-0.15, -0.1) is 0 Å². The molecule has 0 N–H and O–H groups in total.